The largest absolute Gasteiger partial charge is 0.346 e. The van der Waals surface area contributed by atoms with E-state index in [1.54, 1.807) is 18.6 Å². The summed E-state index contributed by atoms with van der Waals surface area (Å²) in [4.78, 5) is 20.8. The smallest absolute Gasteiger partial charge is 0.137 e. The van der Waals surface area contributed by atoms with E-state index in [0.717, 1.165) is 50.1 Å². The van der Waals surface area contributed by atoms with Gasteiger partial charge in [-0.05, 0) is 51.5 Å². The number of pyridine rings is 1. The van der Waals surface area contributed by atoms with Crippen LogP contribution in [0.2, 0.25) is 0 Å². The molecule has 5 aromatic rings. The van der Waals surface area contributed by atoms with Crippen molar-refractivity contribution in [2.75, 3.05) is 0 Å². The number of imidazole rings is 1. The average molecular weight is 406 g/mol. The highest BCUT2D eigenvalue weighted by atomic mass is 15.1. The molecule has 31 heavy (non-hydrogen) atoms. The van der Waals surface area contributed by atoms with Crippen molar-refractivity contribution < 1.29 is 0 Å². The molecule has 0 aliphatic carbocycles. The maximum atomic E-state index is 4.56. The van der Waals surface area contributed by atoms with Crippen LogP contribution in [0.5, 0.6) is 0 Å². The molecular weight excluding hydrogens is 384 g/mol. The molecule has 0 unspecified atom stereocenters. The SMILES string of the molecule is Cc1ncc(C#Cc2cnc3[nH]cc(-c4ccc5ncn(C(C)(C)C)c5c4)c3c2)cn1. The van der Waals surface area contributed by atoms with E-state index in [-0.39, 0.29) is 5.54 Å². The van der Waals surface area contributed by atoms with Gasteiger partial charge in [-0.2, -0.15) is 0 Å². The molecule has 0 bridgehead atoms. The number of aryl methyl sites for hydroxylation is 1. The fourth-order valence-corrected chi connectivity index (χ4v) is 3.62. The maximum Gasteiger partial charge on any atom is 0.137 e. The Labute approximate surface area is 180 Å². The molecule has 4 aromatic heterocycles. The highest BCUT2D eigenvalue weighted by molar-refractivity contribution is 5.96. The summed E-state index contributed by atoms with van der Waals surface area (Å²) >= 11 is 0. The Kier molecular flexibility index (Phi) is 4.33. The molecule has 0 saturated heterocycles. The third-order valence-electron chi connectivity index (χ3n) is 5.24. The van der Waals surface area contributed by atoms with Crippen molar-refractivity contribution >= 4 is 22.1 Å². The topological polar surface area (TPSA) is 72.3 Å². The number of H-pyrrole nitrogens is 1. The number of aromatic amines is 1. The Morgan fingerprint density at radius 1 is 0.903 bits per heavy atom. The van der Waals surface area contributed by atoms with Crippen molar-refractivity contribution in [2.24, 2.45) is 0 Å². The molecule has 0 atom stereocenters. The van der Waals surface area contributed by atoms with Gasteiger partial charge in [-0.15, -0.1) is 0 Å². The van der Waals surface area contributed by atoms with Crippen molar-refractivity contribution in [3.05, 3.63) is 72.3 Å². The van der Waals surface area contributed by atoms with Crippen LogP contribution in [0.3, 0.4) is 0 Å². The molecule has 152 valence electrons. The number of fused-ring (bicyclic) bond motifs is 2. The predicted molar refractivity (Wildman–Crippen MR) is 123 cm³/mol. The number of nitrogens with zero attached hydrogens (tertiary/aromatic N) is 5. The summed E-state index contributed by atoms with van der Waals surface area (Å²) in [6.45, 7) is 8.40. The standard InChI is InChI=1S/C25H22N6/c1-16-26-12-18(13-27-16)6-5-17-9-20-21(14-29-24(20)28-11-17)19-7-8-22-23(10-19)31(15-30-22)25(2,3)4/h7-15H,1-4H3,(H,28,29). The molecule has 6 heteroatoms. The first kappa shape index (κ1) is 19.0. The van der Waals surface area contributed by atoms with E-state index in [9.17, 15) is 0 Å². The van der Waals surface area contributed by atoms with E-state index in [2.05, 4.69) is 86.4 Å². The molecule has 1 N–H and O–H groups in total. The molecule has 0 fully saturated rings. The number of hydrogen-bond acceptors (Lipinski definition) is 4. The third kappa shape index (κ3) is 3.55. The first-order valence-electron chi connectivity index (χ1n) is 10.1. The predicted octanol–water partition coefficient (Wildman–Crippen LogP) is 4.83. The van der Waals surface area contributed by atoms with Gasteiger partial charge in [0.25, 0.3) is 0 Å². The zero-order valence-corrected chi connectivity index (χ0v) is 17.9. The average Bonchev–Trinajstić information content (AvgIpc) is 3.36. The normalized spacial score (nSPS) is 11.6. The molecule has 0 aliphatic heterocycles. The Morgan fingerprint density at radius 3 is 2.42 bits per heavy atom. The van der Waals surface area contributed by atoms with Crippen LogP contribution in [0, 0.1) is 18.8 Å². The summed E-state index contributed by atoms with van der Waals surface area (Å²) in [5.41, 5.74) is 6.72. The van der Waals surface area contributed by atoms with Gasteiger partial charge in [0.2, 0.25) is 0 Å². The minimum Gasteiger partial charge on any atom is -0.346 e. The lowest BCUT2D eigenvalue weighted by Crippen LogP contribution is -2.20. The summed E-state index contributed by atoms with van der Waals surface area (Å²) in [6.07, 6.45) is 9.16. The van der Waals surface area contributed by atoms with E-state index in [0.29, 0.717) is 0 Å². The molecule has 0 amide bonds. The van der Waals surface area contributed by atoms with Crippen molar-refractivity contribution in [3.63, 3.8) is 0 Å². The van der Waals surface area contributed by atoms with Gasteiger partial charge in [-0.1, -0.05) is 17.9 Å². The number of hydrogen-bond donors (Lipinski definition) is 1. The molecule has 0 spiro atoms. The summed E-state index contributed by atoms with van der Waals surface area (Å²) in [7, 11) is 0. The lowest BCUT2D eigenvalue weighted by molar-refractivity contribution is 0.408. The van der Waals surface area contributed by atoms with Gasteiger partial charge in [-0.3, -0.25) is 0 Å². The zero-order chi connectivity index (χ0) is 21.6. The summed E-state index contributed by atoms with van der Waals surface area (Å²) in [5.74, 6) is 7.02. The maximum absolute atomic E-state index is 4.56. The number of nitrogens with one attached hydrogen (secondary N) is 1. The highest BCUT2D eigenvalue weighted by Crippen LogP contribution is 2.31. The number of rotatable bonds is 1. The molecule has 5 rings (SSSR count). The summed E-state index contributed by atoms with van der Waals surface area (Å²) in [5, 5.41) is 1.04. The van der Waals surface area contributed by atoms with Crippen LogP contribution < -0.4 is 0 Å². The van der Waals surface area contributed by atoms with Crippen molar-refractivity contribution in [1.82, 2.24) is 29.5 Å². The van der Waals surface area contributed by atoms with Gasteiger partial charge in [0, 0.05) is 46.8 Å². The van der Waals surface area contributed by atoms with Gasteiger partial charge >= 0.3 is 0 Å². The Balaban J connectivity index is 1.58. The summed E-state index contributed by atoms with van der Waals surface area (Å²) < 4.78 is 2.21. The van der Waals surface area contributed by atoms with Gasteiger partial charge in [-0.25, -0.2) is 19.9 Å². The number of aromatic nitrogens is 6. The van der Waals surface area contributed by atoms with E-state index >= 15 is 0 Å². The van der Waals surface area contributed by atoms with Crippen LogP contribution in [0.15, 0.2) is 55.4 Å². The minimum absolute atomic E-state index is 0.0441. The van der Waals surface area contributed by atoms with Crippen LogP contribution in [0.1, 0.15) is 37.7 Å². The van der Waals surface area contributed by atoms with Crippen LogP contribution in [-0.4, -0.2) is 29.5 Å². The van der Waals surface area contributed by atoms with Crippen LogP contribution in [0.25, 0.3) is 33.2 Å². The molecule has 6 nitrogen and oxygen atoms in total. The van der Waals surface area contributed by atoms with E-state index in [1.807, 2.05) is 19.4 Å². The van der Waals surface area contributed by atoms with E-state index in [4.69, 9.17) is 0 Å². The lowest BCUT2D eigenvalue weighted by atomic mass is 10.0. The second-order valence-electron chi connectivity index (χ2n) is 8.58. The van der Waals surface area contributed by atoms with Gasteiger partial charge in [0.15, 0.2) is 0 Å². The first-order valence-corrected chi connectivity index (χ1v) is 10.1. The molecule has 4 heterocycles. The quantitative estimate of drug-likeness (QED) is 0.405. The highest BCUT2D eigenvalue weighted by Gasteiger charge is 2.17. The Hall–Kier alpha value is -3.98. The summed E-state index contributed by atoms with van der Waals surface area (Å²) in [6, 6.07) is 8.44. The molecule has 0 aliphatic rings. The lowest BCUT2D eigenvalue weighted by Gasteiger charge is -2.21. The molecule has 1 aromatic carbocycles. The number of benzene rings is 1. The second kappa shape index (κ2) is 7.06. The second-order valence-corrected chi connectivity index (χ2v) is 8.58. The molecule has 0 radical (unpaired) electrons. The van der Waals surface area contributed by atoms with Crippen LogP contribution in [-0.2, 0) is 5.54 Å². The van der Waals surface area contributed by atoms with Crippen molar-refractivity contribution in [1.29, 1.82) is 0 Å². The fourth-order valence-electron chi connectivity index (χ4n) is 3.62. The third-order valence-corrected chi connectivity index (χ3v) is 5.24. The minimum atomic E-state index is -0.0441. The van der Waals surface area contributed by atoms with Gasteiger partial charge in [0.05, 0.1) is 22.9 Å². The van der Waals surface area contributed by atoms with E-state index in [1.165, 1.54) is 0 Å². The zero-order valence-electron chi connectivity index (χ0n) is 17.9. The van der Waals surface area contributed by atoms with Crippen LogP contribution >= 0.6 is 0 Å². The van der Waals surface area contributed by atoms with Crippen molar-refractivity contribution in [2.45, 2.75) is 33.2 Å². The fraction of sp³-hybridized carbons (Fsp3) is 0.200. The molecule has 0 saturated carbocycles. The monoisotopic (exact) mass is 406 g/mol. The van der Waals surface area contributed by atoms with Crippen molar-refractivity contribution in [3.8, 4) is 23.0 Å². The Morgan fingerprint density at radius 2 is 1.65 bits per heavy atom. The molecular formula is C25H22N6. The first-order chi connectivity index (χ1) is 14.9. The van der Waals surface area contributed by atoms with E-state index < -0.39 is 0 Å². The van der Waals surface area contributed by atoms with Crippen LogP contribution in [0.4, 0.5) is 0 Å². The Bertz CT molecular complexity index is 1470. The van der Waals surface area contributed by atoms with Gasteiger partial charge in [0.1, 0.15) is 11.5 Å². The van der Waals surface area contributed by atoms with Gasteiger partial charge < -0.3 is 9.55 Å².